The third-order valence-corrected chi connectivity index (χ3v) is 4.83. The number of rotatable bonds is 8. The molecular formula is C19H28N6O2. The first-order valence-electron chi connectivity index (χ1n) is 9.47. The van der Waals surface area contributed by atoms with Gasteiger partial charge in [0.05, 0.1) is 18.8 Å². The number of piperazine rings is 1. The van der Waals surface area contributed by atoms with Crippen LogP contribution >= 0.6 is 0 Å². The van der Waals surface area contributed by atoms with Crippen LogP contribution in [0.25, 0.3) is 0 Å². The molecule has 0 radical (unpaired) electrons. The van der Waals surface area contributed by atoms with Gasteiger partial charge < -0.3 is 15.7 Å². The highest BCUT2D eigenvalue weighted by Gasteiger charge is 2.18. The number of carbonyl (C=O) groups excluding carboxylic acids is 1. The van der Waals surface area contributed by atoms with Crippen molar-refractivity contribution in [1.29, 1.82) is 0 Å². The average molecular weight is 372 g/mol. The molecule has 0 spiro atoms. The molecule has 1 aromatic heterocycles. The average Bonchev–Trinajstić information content (AvgIpc) is 3.17. The van der Waals surface area contributed by atoms with Crippen LogP contribution in [0.3, 0.4) is 0 Å². The van der Waals surface area contributed by atoms with Crippen molar-refractivity contribution in [3.05, 3.63) is 47.3 Å². The number of benzene rings is 1. The van der Waals surface area contributed by atoms with Crippen molar-refractivity contribution >= 4 is 5.91 Å². The van der Waals surface area contributed by atoms with Crippen molar-refractivity contribution in [3.63, 3.8) is 0 Å². The van der Waals surface area contributed by atoms with Crippen LogP contribution in [0.2, 0.25) is 0 Å². The summed E-state index contributed by atoms with van der Waals surface area (Å²) in [6, 6.07) is 7.69. The highest BCUT2D eigenvalue weighted by atomic mass is 16.3. The van der Waals surface area contributed by atoms with Crippen molar-refractivity contribution < 1.29 is 9.90 Å². The number of nitrogens with zero attached hydrogens (tertiary/aromatic N) is 4. The quantitative estimate of drug-likeness (QED) is 0.619. The van der Waals surface area contributed by atoms with Crippen molar-refractivity contribution in [1.82, 2.24) is 30.5 Å². The molecule has 8 nitrogen and oxygen atoms in total. The summed E-state index contributed by atoms with van der Waals surface area (Å²) in [5.74, 6) is -0.276. The molecular weight excluding hydrogens is 344 g/mol. The van der Waals surface area contributed by atoms with E-state index in [1.807, 2.05) is 31.2 Å². The number of aliphatic hydroxyl groups excluding tert-OH is 1. The SMILES string of the molecule is Cc1ccc(C(CCO)NC(=O)c2cn(CCN3CCNCC3)nn2)cc1. The second kappa shape index (κ2) is 9.59. The van der Waals surface area contributed by atoms with E-state index in [4.69, 9.17) is 0 Å². The molecule has 1 aliphatic heterocycles. The van der Waals surface area contributed by atoms with E-state index in [1.54, 1.807) is 10.9 Å². The lowest BCUT2D eigenvalue weighted by atomic mass is 10.0. The highest BCUT2D eigenvalue weighted by molar-refractivity contribution is 5.92. The Labute approximate surface area is 159 Å². The van der Waals surface area contributed by atoms with E-state index < -0.39 is 0 Å². The minimum atomic E-state index is -0.276. The first kappa shape index (κ1) is 19.5. The van der Waals surface area contributed by atoms with Gasteiger partial charge in [-0.15, -0.1) is 5.10 Å². The summed E-state index contributed by atoms with van der Waals surface area (Å²) in [7, 11) is 0. The largest absolute Gasteiger partial charge is 0.396 e. The number of aliphatic hydroxyl groups is 1. The minimum Gasteiger partial charge on any atom is -0.396 e. The number of aryl methyl sites for hydroxylation is 1. The summed E-state index contributed by atoms with van der Waals surface area (Å²) in [5, 5.41) is 23.7. The molecule has 0 aliphatic carbocycles. The Kier molecular flexibility index (Phi) is 6.92. The minimum absolute atomic E-state index is 0.00376. The molecule has 0 bridgehead atoms. The Morgan fingerprint density at radius 2 is 2.00 bits per heavy atom. The maximum atomic E-state index is 12.6. The van der Waals surface area contributed by atoms with E-state index in [-0.39, 0.29) is 18.6 Å². The number of hydrogen-bond donors (Lipinski definition) is 3. The third kappa shape index (κ3) is 5.59. The summed E-state index contributed by atoms with van der Waals surface area (Å²) < 4.78 is 1.71. The van der Waals surface area contributed by atoms with Crippen LogP contribution in [0.1, 0.15) is 34.1 Å². The lowest BCUT2D eigenvalue weighted by Gasteiger charge is -2.26. The predicted octanol–water partition coefficient (Wildman–Crippen LogP) is 0.345. The van der Waals surface area contributed by atoms with Gasteiger partial charge in [0.25, 0.3) is 5.91 Å². The zero-order chi connectivity index (χ0) is 19.1. The van der Waals surface area contributed by atoms with E-state index in [9.17, 15) is 9.90 Å². The van der Waals surface area contributed by atoms with Crippen LogP contribution in [-0.2, 0) is 6.54 Å². The molecule has 1 aliphatic rings. The van der Waals surface area contributed by atoms with Crippen LogP contribution in [0, 0.1) is 6.92 Å². The molecule has 146 valence electrons. The summed E-state index contributed by atoms with van der Waals surface area (Å²) in [6.07, 6.45) is 2.13. The van der Waals surface area contributed by atoms with Gasteiger partial charge in [-0.05, 0) is 18.9 Å². The van der Waals surface area contributed by atoms with Crippen LogP contribution in [-0.4, -0.2) is 70.2 Å². The number of amides is 1. The maximum Gasteiger partial charge on any atom is 0.273 e. The molecule has 0 saturated carbocycles. The van der Waals surface area contributed by atoms with E-state index in [0.29, 0.717) is 18.7 Å². The van der Waals surface area contributed by atoms with Crippen molar-refractivity contribution in [2.24, 2.45) is 0 Å². The highest BCUT2D eigenvalue weighted by Crippen LogP contribution is 2.17. The first-order chi connectivity index (χ1) is 13.2. The van der Waals surface area contributed by atoms with E-state index >= 15 is 0 Å². The fourth-order valence-corrected chi connectivity index (χ4v) is 3.17. The summed E-state index contributed by atoms with van der Waals surface area (Å²) >= 11 is 0. The number of nitrogens with one attached hydrogen (secondary N) is 2. The van der Waals surface area contributed by atoms with Crippen LogP contribution < -0.4 is 10.6 Å². The molecule has 1 amide bonds. The summed E-state index contributed by atoms with van der Waals surface area (Å²) in [4.78, 5) is 14.9. The standard InChI is InChI=1S/C19H28N6O2/c1-15-2-4-16(5-3-15)17(6-13-26)21-19(27)18-14-25(23-22-18)12-11-24-9-7-20-8-10-24/h2-5,14,17,20,26H,6-13H2,1H3,(H,21,27). The molecule has 3 rings (SSSR count). The van der Waals surface area contributed by atoms with Crippen LogP contribution in [0.4, 0.5) is 0 Å². The molecule has 1 atom stereocenters. The Balaban J connectivity index is 1.57. The molecule has 27 heavy (non-hydrogen) atoms. The third-order valence-electron chi connectivity index (χ3n) is 4.83. The summed E-state index contributed by atoms with van der Waals surface area (Å²) in [5.41, 5.74) is 2.42. The Hall–Kier alpha value is -2.29. The second-order valence-electron chi connectivity index (χ2n) is 6.91. The molecule has 1 saturated heterocycles. The Morgan fingerprint density at radius 1 is 1.26 bits per heavy atom. The van der Waals surface area contributed by atoms with Crippen molar-refractivity contribution in [2.45, 2.75) is 25.9 Å². The van der Waals surface area contributed by atoms with Crippen LogP contribution in [0.15, 0.2) is 30.5 Å². The molecule has 1 fully saturated rings. The molecule has 2 heterocycles. The van der Waals surface area contributed by atoms with E-state index in [0.717, 1.165) is 43.9 Å². The Morgan fingerprint density at radius 3 is 2.70 bits per heavy atom. The van der Waals surface area contributed by atoms with E-state index in [1.165, 1.54) is 0 Å². The van der Waals surface area contributed by atoms with Gasteiger partial charge in [-0.3, -0.25) is 14.4 Å². The molecule has 1 aromatic carbocycles. The number of aromatic nitrogens is 3. The van der Waals surface area contributed by atoms with Gasteiger partial charge in [-0.2, -0.15) is 0 Å². The molecule has 1 unspecified atom stereocenters. The van der Waals surface area contributed by atoms with E-state index in [2.05, 4.69) is 25.8 Å². The van der Waals surface area contributed by atoms with Crippen molar-refractivity contribution in [2.75, 3.05) is 39.3 Å². The molecule has 8 heteroatoms. The van der Waals surface area contributed by atoms with Gasteiger partial charge in [0.2, 0.25) is 0 Å². The number of hydrogen-bond acceptors (Lipinski definition) is 6. The Bertz CT molecular complexity index is 724. The van der Waals surface area contributed by atoms with Gasteiger partial charge in [0.15, 0.2) is 5.69 Å². The number of carbonyl (C=O) groups is 1. The topological polar surface area (TPSA) is 95.3 Å². The normalized spacial score (nSPS) is 16.2. The first-order valence-corrected chi connectivity index (χ1v) is 9.47. The maximum absolute atomic E-state index is 12.6. The zero-order valence-electron chi connectivity index (χ0n) is 15.8. The molecule has 3 N–H and O–H groups in total. The van der Waals surface area contributed by atoms with Gasteiger partial charge >= 0.3 is 0 Å². The van der Waals surface area contributed by atoms with Gasteiger partial charge in [-0.1, -0.05) is 35.0 Å². The zero-order valence-corrected chi connectivity index (χ0v) is 15.8. The van der Waals surface area contributed by atoms with Crippen LogP contribution in [0.5, 0.6) is 0 Å². The second-order valence-corrected chi connectivity index (χ2v) is 6.91. The lowest BCUT2D eigenvalue weighted by molar-refractivity contribution is 0.0925. The van der Waals surface area contributed by atoms with Gasteiger partial charge in [0, 0.05) is 39.3 Å². The van der Waals surface area contributed by atoms with Gasteiger partial charge in [-0.25, -0.2) is 0 Å². The molecule has 2 aromatic rings. The summed E-state index contributed by atoms with van der Waals surface area (Å²) in [6.45, 7) is 7.69. The van der Waals surface area contributed by atoms with Crippen molar-refractivity contribution in [3.8, 4) is 0 Å². The monoisotopic (exact) mass is 372 g/mol. The fraction of sp³-hybridized carbons (Fsp3) is 0.526. The fourth-order valence-electron chi connectivity index (χ4n) is 3.17. The predicted molar refractivity (Wildman–Crippen MR) is 102 cm³/mol. The smallest absolute Gasteiger partial charge is 0.273 e. The van der Waals surface area contributed by atoms with Gasteiger partial charge in [0.1, 0.15) is 0 Å². The lowest BCUT2D eigenvalue weighted by Crippen LogP contribution is -2.44.